The van der Waals surface area contributed by atoms with Crippen LogP contribution in [0, 0.1) is 19.7 Å². The van der Waals surface area contributed by atoms with Crippen LogP contribution >= 0.6 is 11.8 Å². The van der Waals surface area contributed by atoms with Gasteiger partial charge in [0.2, 0.25) is 0 Å². The fourth-order valence-electron chi connectivity index (χ4n) is 3.19. The van der Waals surface area contributed by atoms with Crippen LogP contribution in [0.5, 0.6) is 0 Å². The van der Waals surface area contributed by atoms with Gasteiger partial charge in [-0.05, 0) is 55.3 Å². The number of thioether (sulfide) groups is 1. The smallest absolute Gasteiger partial charge is 0.283 e. The zero-order valence-corrected chi connectivity index (χ0v) is 17.3. The van der Waals surface area contributed by atoms with E-state index in [0.717, 1.165) is 26.6 Å². The highest BCUT2D eigenvalue weighted by atomic mass is 32.2. The summed E-state index contributed by atoms with van der Waals surface area (Å²) in [4.78, 5) is 28.5. The van der Waals surface area contributed by atoms with Crippen molar-refractivity contribution < 1.29 is 14.0 Å². The van der Waals surface area contributed by atoms with E-state index in [9.17, 15) is 14.0 Å². The molecular formula is C24H19FN2O2S. The van der Waals surface area contributed by atoms with Crippen LogP contribution in [0.1, 0.15) is 11.1 Å². The number of hydrogen-bond donors (Lipinski definition) is 1. The zero-order chi connectivity index (χ0) is 21.3. The van der Waals surface area contributed by atoms with Crippen LogP contribution in [0.2, 0.25) is 0 Å². The Bertz CT molecular complexity index is 1170. The highest BCUT2D eigenvalue weighted by molar-refractivity contribution is 8.04. The van der Waals surface area contributed by atoms with Crippen molar-refractivity contribution in [3.63, 3.8) is 0 Å². The van der Waals surface area contributed by atoms with Gasteiger partial charge < -0.3 is 5.32 Å². The summed E-state index contributed by atoms with van der Waals surface area (Å²) >= 11 is 1.19. The average Bonchev–Trinajstić information content (AvgIpc) is 2.96. The third kappa shape index (κ3) is 3.62. The van der Waals surface area contributed by atoms with Gasteiger partial charge in [0.15, 0.2) is 0 Å². The van der Waals surface area contributed by atoms with Gasteiger partial charge in [-0.1, -0.05) is 54.2 Å². The number of amides is 2. The van der Waals surface area contributed by atoms with Crippen molar-refractivity contribution >= 4 is 35.0 Å². The minimum Gasteiger partial charge on any atom is -0.350 e. The van der Waals surface area contributed by atoms with E-state index in [-0.39, 0.29) is 16.3 Å². The summed E-state index contributed by atoms with van der Waals surface area (Å²) in [5.41, 5.74) is 2.84. The van der Waals surface area contributed by atoms with Crippen LogP contribution in [-0.4, -0.2) is 11.8 Å². The first kappa shape index (κ1) is 19.9. The monoisotopic (exact) mass is 418 g/mol. The maximum absolute atomic E-state index is 14.4. The van der Waals surface area contributed by atoms with Gasteiger partial charge in [-0.25, -0.2) is 9.29 Å². The first-order chi connectivity index (χ1) is 14.5. The van der Waals surface area contributed by atoms with Crippen molar-refractivity contribution in [2.45, 2.75) is 18.7 Å². The van der Waals surface area contributed by atoms with Crippen LogP contribution in [0.15, 0.2) is 88.3 Å². The van der Waals surface area contributed by atoms with Crippen LogP contribution in [0.25, 0.3) is 0 Å². The Morgan fingerprint density at radius 1 is 0.833 bits per heavy atom. The molecule has 0 unspecified atom stereocenters. The molecule has 0 saturated heterocycles. The lowest BCUT2D eigenvalue weighted by molar-refractivity contribution is -0.120. The molecule has 0 aromatic heterocycles. The number of carbonyl (C=O) groups is 2. The second kappa shape index (κ2) is 8.16. The Hall–Kier alpha value is -3.38. The summed E-state index contributed by atoms with van der Waals surface area (Å²) < 4.78 is 14.4. The van der Waals surface area contributed by atoms with Gasteiger partial charge in [0.1, 0.15) is 16.4 Å². The summed E-state index contributed by atoms with van der Waals surface area (Å²) in [5, 5.41) is 3.14. The minimum atomic E-state index is -0.628. The number of para-hydroxylation sites is 1. The van der Waals surface area contributed by atoms with Crippen molar-refractivity contribution in [2.24, 2.45) is 0 Å². The third-order valence-electron chi connectivity index (χ3n) is 4.96. The lowest BCUT2D eigenvalue weighted by atomic mass is 10.1. The molecule has 1 aliphatic rings. The van der Waals surface area contributed by atoms with Crippen LogP contribution in [-0.2, 0) is 9.59 Å². The molecule has 4 rings (SSSR count). The molecule has 0 aliphatic carbocycles. The Morgan fingerprint density at radius 2 is 1.53 bits per heavy atom. The Kier molecular flexibility index (Phi) is 5.42. The number of aryl methyl sites for hydroxylation is 1. The van der Waals surface area contributed by atoms with Crippen LogP contribution in [0.3, 0.4) is 0 Å². The minimum absolute atomic E-state index is 0.0589. The predicted octanol–water partition coefficient (Wildman–Crippen LogP) is 5.43. The molecule has 1 N–H and O–H groups in total. The van der Waals surface area contributed by atoms with Gasteiger partial charge in [0, 0.05) is 10.6 Å². The van der Waals surface area contributed by atoms with E-state index in [2.05, 4.69) is 5.32 Å². The number of halogens is 1. The number of benzene rings is 3. The number of carbonyl (C=O) groups excluding carboxylic acids is 2. The third-order valence-corrected chi connectivity index (χ3v) is 6.05. The lowest BCUT2D eigenvalue weighted by Gasteiger charge is -2.16. The van der Waals surface area contributed by atoms with E-state index >= 15 is 0 Å². The number of nitrogens with zero attached hydrogens (tertiary/aromatic N) is 1. The van der Waals surface area contributed by atoms with Gasteiger partial charge in [-0.15, -0.1) is 0 Å². The molecule has 0 fully saturated rings. The van der Waals surface area contributed by atoms with E-state index in [0.29, 0.717) is 0 Å². The van der Waals surface area contributed by atoms with Gasteiger partial charge in [-0.2, -0.15) is 0 Å². The van der Waals surface area contributed by atoms with Gasteiger partial charge in [0.05, 0.1) is 5.69 Å². The predicted molar refractivity (Wildman–Crippen MR) is 118 cm³/mol. The van der Waals surface area contributed by atoms with Crippen molar-refractivity contribution in [3.8, 4) is 0 Å². The fraction of sp³-hybridized carbons (Fsp3) is 0.0833. The standard InChI is InChI=1S/C24H19FN2O2S/c1-15-9-8-13-19(16(15)2)26-21-22(30-17-10-4-3-5-11-17)24(29)27(23(21)28)20-14-7-6-12-18(20)25/h3-14,26H,1-2H3. The highest BCUT2D eigenvalue weighted by Gasteiger charge is 2.41. The quantitative estimate of drug-likeness (QED) is 0.561. The Morgan fingerprint density at radius 3 is 2.27 bits per heavy atom. The van der Waals surface area contributed by atoms with Crippen molar-refractivity contribution in [2.75, 3.05) is 10.2 Å². The summed E-state index contributed by atoms with van der Waals surface area (Å²) in [7, 11) is 0. The topological polar surface area (TPSA) is 49.4 Å². The molecule has 4 nitrogen and oxygen atoms in total. The number of hydrogen-bond acceptors (Lipinski definition) is 4. The maximum Gasteiger partial charge on any atom is 0.283 e. The molecule has 0 radical (unpaired) electrons. The highest BCUT2D eigenvalue weighted by Crippen LogP contribution is 2.38. The number of imide groups is 1. The lowest BCUT2D eigenvalue weighted by Crippen LogP contribution is -2.33. The summed E-state index contributed by atoms with van der Waals surface area (Å²) in [5.74, 6) is -1.76. The van der Waals surface area contributed by atoms with Gasteiger partial charge in [-0.3, -0.25) is 9.59 Å². The molecule has 0 spiro atoms. The maximum atomic E-state index is 14.4. The number of anilines is 2. The second-order valence-electron chi connectivity index (χ2n) is 6.89. The number of rotatable bonds is 5. The number of nitrogens with one attached hydrogen (secondary N) is 1. The van der Waals surface area contributed by atoms with E-state index < -0.39 is 17.6 Å². The summed E-state index contributed by atoms with van der Waals surface area (Å²) in [6, 6.07) is 20.8. The second-order valence-corrected chi connectivity index (χ2v) is 7.97. The van der Waals surface area contributed by atoms with Crippen LogP contribution < -0.4 is 10.2 Å². The zero-order valence-electron chi connectivity index (χ0n) is 16.5. The van der Waals surface area contributed by atoms with E-state index in [1.54, 1.807) is 6.07 Å². The molecule has 0 bridgehead atoms. The van der Waals surface area contributed by atoms with Gasteiger partial charge >= 0.3 is 0 Å². The molecule has 6 heteroatoms. The summed E-state index contributed by atoms with van der Waals surface area (Å²) in [6.45, 7) is 3.92. The molecule has 0 atom stereocenters. The van der Waals surface area contributed by atoms with E-state index in [1.807, 2.05) is 62.4 Å². The molecule has 0 saturated carbocycles. The fourth-order valence-corrected chi connectivity index (χ4v) is 4.14. The molecular weight excluding hydrogens is 399 g/mol. The molecule has 3 aromatic rings. The Balaban J connectivity index is 1.79. The molecule has 1 heterocycles. The molecule has 2 amide bonds. The van der Waals surface area contributed by atoms with E-state index in [4.69, 9.17) is 0 Å². The first-order valence-electron chi connectivity index (χ1n) is 9.41. The Labute approximate surface area is 178 Å². The van der Waals surface area contributed by atoms with Crippen molar-refractivity contribution in [1.82, 2.24) is 0 Å². The largest absolute Gasteiger partial charge is 0.350 e. The van der Waals surface area contributed by atoms with Crippen molar-refractivity contribution in [1.29, 1.82) is 0 Å². The van der Waals surface area contributed by atoms with E-state index in [1.165, 1.54) is 30.0 Å². The molecule has 1 aliphatic heterocycles. The normalized spacial score (nSPS) is 13.9. The summed E-state index contributed by atoms with van der Waals surface area (Å²) in [6.07, 6.45) is 0. The molecule has 3 aromatic carbocycles. The molecule has 30 heavy (non-hydrogen) atoms. The molecule has 150 valence electrons. The van der Waals surface area contributed by atoms with Crippen LogP contribution in [0.4, 0.5) is 15.8 Å². The SMILES string of the molecule is Cc1cccc(NC2=C(Sc3ccccc3)C(=O)N(c3ccccc3F)C2=O)c1C. The van der Waals surface area contributed by atoms with Crippen molar-refractivity contribution in [3.05, 3.63) is 100 Å². The average molecular weight is 418 g/mol. The van der Waals surface area contributed by atoms with Gasteiger partial charge in [0.25, 0.3) is 11.8 Å². The first-order valence-corrected chi connectivity index (χ1v) is 10.2.